The van der Waals surface area contributed by atoms with Gasteiger partial charge in [0, 0.05) is 5.56 Å². The van der Waals surface area contributed by atoms with Crippen LogP contribution >= 0.6 is 11.6 Å². The van der Waals surface area contributed by atoms with Crippen molar-refractivity contribution in [2.75, 3.05) is 0 Å². The zero-order valence-corrected chi connectivity index (χ0v) is 12.2. The van der Waals surface area contributed by atoms with Gasteiger partial charge in [-0.2, -0.15) is 4.98 Å². The summed E-state index contributed by atoms with van der Waals surface area (Å²) in [6, 6.07) is 17.0. The van der Waals surface area contributed by atoms with Crippen LogP contribution in [-0.2, 0) is 5.54 Å². The average molecular weight is 300 g/mol. The number of benzene rings is 2. The number of aromatic nitrogens is 2. The van der Waals surface area contributed by atoms with Gasteiger partial charge in [-0.15, -0.1) is 0 Å². The molecule has 2 aromatic carbocycles. The van der Waals surface area contributed by atoms with Gasteiger partial charge in [0.15, 0.2) is 0 Å². The maximum atomic E-state index is 6.36. The molecule has 0 fully saturated rings. The Morgan fingerprint density at radius 3 is 2.43 bits per heavy atom. The van der Waals surface area contributed by atoms with Gasteiger partial charge in [-0.1, -0.05) is 59.2 Å². The topological polar surface area (TPSA) is 64.9 Å². The third-order valence-electron chi connectivity index (χ3n) is 3.36. The predicted molar refractivity (Wildman–Crippen MR) is 81.8 cm³/mol. The lowest BCUT2D eigenvalue weighted by atomic mass is 9.93. The van der Waals surface area contributed by atoms with Crippen molar-refractivity contribution >= 4 is 11.6 Å². The van der Waals surface area contributed by atoms with Gasteiger partial charge in [0.25, 0.3) is 5.89 Å². The Bertz CT molecular complexity index is 753. The molecule has 1 heterocycles. The van der Waals surface area contributed by atoms with Crippen LogP contribution in [0.25, 0.3) is 11.4 Å². The fourth-order valence-electron chi connectivity index (χ4n) is 2.09. The standard InChI is InChI=1S/C16H14ClN3O/c1-16(18,11-7-3-2-4-8-11)15-19-14(20-21-15)12-9-5-6-10-13(12)17/h2-10H,18H2,1H3. The zero-order valence-electron chi connectivity index (χ0n) is 11.5. The van der Waals surface area contributed by atoms with Gasteiger partial charge in [0.05, 0.1) is 5.02 Å². The molecule has 0 radical (unpaired) electrons. The first-order valence-corrected chi connectivity index (χ1v) is 6.90. The lowest BCUT2D eigenvalue weighted by Gasteiger charge is -2.20. The van der Waals surface area contributed by atoms with Gasteiger partial charge in [-0.05, 0) is 24.6 Å². The Balaban J connectivity index is 2.01. The van der Waals surface area contributed by atoms with E-state index in [2.05, 4.69) is 10.1 Å². The van der Waals surface area contributed by atoms with Crippen molar-refractivity contribution in [2.24, 2.45) is 5.73 Å². The van der Waals surface area contributed by atoms with Crippen LogP contribution < -0.4 is 5.73 Å². The van der Waals surface area contributed by atoms with Crippen LogP contribution in [-0.4, -0.2) is 10.1 Å². The van der Waals surface area contributed by atoms with E-state index in [1.54, 1.807) is 6.07 Å². The molecule has 0 bridgehead atoms. The third-order valence-corrected chi connectivity index (χ3v) is 3.69. The maximum Gasteiger partial charge on any atom is 0.251 e. The van der Waals surface area contributed by atoms with E-state index in [0.29, 0.717) is 16.7 Å². The molecule has 0 spiro atoms. The van der Waals surface area contributed by atoms with Crippen molar-refractivity contribution in [1.29, 1.82) is 0 Å². The molecule has 1 atom stereocenters. The van der Waals surface area contributed by atoms with E-state index < -0.39 is 5.54 Å². The molecule has 3 rings (SSSR count). The highest BCUT2D eigenvalue weighted by Gasteiger charge is 2.30. The molecule has 0 aliphatic rings. The molecular formula is C16H14ClN3O. The summed E-state index contributed by atoms with van der Waals surface area (Å²) in [5.74, 6) is 0.784. The average Bonchev–Trinajstić information content (AvgIpc) is 2.99. The van der Waals surface area contributed by atoms with Gasteiger partial charge < -0.3 is 10.3 Å². The van der Waals surface area contributed by atoms with E-state index in [0.717, 1.165) is 11.1 Å². The van der Waals surface area contributed by atoms with Crippen LogP contribution in [0.1, 0.15) is 18.4 Å². The van der Waals surface area contributed by atoms with Crippen molar-refractivity contribution in [1.82, 2.24) is 10.1 Å². The molecular weight excluding hydrogens is 286 g/mol. The van der Waals surface area contributed by atoms with Crippen molar-refractivity contribution in [3.63, 3.8) is 0 Å². The van der Waals surface area contributed by atoms with Crippen LogP contribution in [0, 0.1) is 0 Å². The summed E-state index contributed by atoms with van der Waals surface area (Å²) in [6.45, 7) is 1.84. The number of hydrogen-bond acceptors (Lipinski definition) is 4. The molecule has 106 valence electrons. The second kappa shape index (κ2) is 5.31. The van der Waals surface area contributed by atoms with Crippen LogP contribution in [0.3, 0.4) is 0 Å². The highest BCUT2D eigenvalue weighted by atomic mass is 35.5. The molecule has 0 amide bonds. The molecule has 1 unspecified atom stereocenters. The Labute approximate surface area is 127 Å². The van der Waals surface area contributed by atoms with Gasteiger partial charge in [0.1, 0.15) is 5.54 Å². The largest absolute Gasteiger partial charge is 0.337 e. The Morgan fingerprint density at radius 1 is 1.05 bits per heavy atom. The maximum absolute atomic E-state index is 6.36. The fourth-order valence-corrected chi connectivity index (χ4v) is 2.31. The minimum absolute atomic E-state index is 0.351. The monoisotopic (exact) mass is 299 g/mol. The molecule has 0 saturated heterocycles. The quantitative estimate of drug-likeness (QED) is 0.802. The summed E-state index contributed by atoms with van der Waals surface area (Å²) >= 11 is 6.15. The van der Waals surface area contributed by atoms with E-state index in [-0.39, 0.29) is 0 Å². The van der Waals surface area contributed by atoms with Gasteiger partial charge in [-0.25, -0.2) is 0 Å². The van der Waals surface area contributed by atoms with Crippen molar-refractivity contribution < 1.29 is 4.52 Å². The molecule has 21 heavy (non-hydrogen) atoms. The first kappa shape index (κ1) is 13.8. The summed E-state index contributed by atoms with van der Waals surface area (Å²) in [4.78, 5) is 4.40. The first-order valence-electron chi connectivity index (χ1n) is 6.52. The molecule has 5 heteroatoms. The Morgan fingerprint density at radius 2 is 1.71 bits per heavy atom. The molecule has 0 saturated carbocycles. The summed E-state index contributed by atoms with van der Waals surface area (Å²) in [6.07, 6.45) is 0. The fraction of sp³-hybridized carbons (Fsp3) is 0.125. The molecule has 0 aliphatic carbocycles. The van der Waals surface area contributed by atoms with E-state index in [1.807, 2.05) is 55.5 Å². The number of nitrogens with two attached hydrogens (primary N) is 1. The van der Waals surface area contributed by atoms with E-state index >= 15 is 0 Å². The molecule has 2 N–H and O–H groups in total. The summed E-state index contributed by atoms with van der Waals surface area (Å²) in [5, 5.41) is 4.56. The van der Waals surface area contributed by atoms with Crippen LogP contribution in [0.5, 0.6) is 0 Å². The Kier molecular flexibility index (Phi) is 3.49. The highest BCUT2D eigenvalue weighted by Crippen LogP contribution is 2.29. The third kappa shape index (κ3) is 2.55. The lowest BCUT2D eigenvalue weighted by Crippen LogP contribution is -2.34. The van der Waals surface area contributed by atoms with Crippen molar-refractivity contribution in [2.45, 2.75) is 12.5 Å². The molecule has 3 aromatic rings. The normalized spacial score (nSPS) is 13.9. The van der Waals surface area contributed by atoms with Gasteiger partial charge >= 0.3 is 0 Å². The second-order valence-electron chi connectivity index (χ2n) is 4.97. The molecule has 0 aliphatic heterocycles. The number of nitrogens with zero attached hydrogens (tertiary/aromatic N) is 2. The van der Waals surface area contributed by atoms with Gasteiger partial charge in [-0.3, -0.25) is 0 Å². The second-order valence-corrected chi connectivity index (χ2v) is 5.38. The van der Waals surface area contributed by atoms with E-state index in [4.69, 9.17) is 21.9 Å². The van der Waals surface area contributed by atoms with Crippen molar-refractivity contribution in [3.05, 3.63) is 71.1 Å². The minimum Gasteiger partial charge on any atom is -0.337 e. The van der Waals surface area contributed by atoms with Crippen molar-refractivity contribution in [3.8, 4) is 11.4 Å². The van der Waals surface area contributed by atoms with E-state index in [1.165, 1.54) is 0 Å². The van der Waals surface area contributed by atoms with Crippen LogP contribution in [0.2, 0.25) is 5.02 Å². The van der Waals surface area contributed by atoms with Gasteiger partial charge in [0.2, 0.25) is 5.82 Å². The number of halogens is 1. The predicted octanol–water partition coefficient (Wildman–Crippen LogP) is 3.61. The molecule has 1 aromatic heterocycles. The first-order chi connectivity index (χ1) is 10.1. The van der Waals surface area contributed by atoms with Crippen LogP contribution in [0.4, 0.5) is 0 Å². The number of rotatable bonds is 3. The minimum atomic E-state index is -0.853. The number of hydrogen-bond donors (Lipinski definition) is 1. The summed E-state index contributed by atoms with van der Waals surface area (Å²) < 4.78 is 5.35. The van der Waals surface area contributed by atoms with Crippen LogP contribution in [0.15, 0.2) is 59.1 Å². The molecule has 4 nitrogen and oxygen atoms in total. The zero-order chi connectivity index (χ0) is 14.9. The van der Waals surface area contributed by atoms with E-state index in [9.17, 15) is 0 Å². The lowest BCUT2D eigenvalue weighted by molar-refractivity contribution is 0.325. The Hall–Kier alpha value is -2.17. The smallest absolute Gasteiger partial charge is 0.251 e. The summed E-state index contributed by atoms with van der Waals surface area (Å²) in [5.41, 5.74) is 7.13. The summed E-state index contributed by atoms with van der Waals surface area (Å²) in [7, 11) is 0. The highest BCUT2D eigenvalue weighted by molar-refractivity contribution is 6.33. The SMILES string of the molecule is CC(N)(c1ccccc1)c1nc(-c2ccccc2Cl)no1.